The molecule has 0 spiro atoms. The first-order valence-electron chi connectivity index (χ1n) is 6.02. The molecule has 2 atom stereocenters. The van der Waals surface area contributed by atoms with Crippen molar-refractivity contribution in [2.75, 3.05) is 13.7 Å². The summed E-state index contributed by atoms with van der Waals surface area (Å²) in [5.41, 5.74) is 0. The minimum Gasteiger partial charge on any atom is -0.465 e. The highest BCUT2D eigenvalue weighted by Gasteiger charge is 2.32. The third-order valence-corrected chi connectivity index (χ3v) is 3.19. The van der Waals surface area contributed by atoms with Crippen molar-refractivity contribution in [3.63, 3.8) is 0 Å². The molecule has 1 aliphatic rings. The van der Waals surface area contributed by atoms with Gasteiger partial charge in [0.1, 0.15) is 11.5 Å². The van der Waals surface area contributed by atoms with Crippen LogP contribution < -0.4 is 5.32 Å². The van der Waals surface area contributed by atoms with Crippen LogP contribution in [0.1, 0.15) is 37.3 Å². The molecule has 0 aliphatic heterocycles. The van der Waals surface area contributed by atoms with E-state index in [-0.39, 0.29) is 6.04 Å². The number of rotatable bonds is 6. The van der Waals surface area contributed by atoms with Gasteiger partial charge in [-0.25, -0.2) is 0 Å². The molecule has 0 saturated heterocycles. The molecule has 1 fully saturated rings. The highest BCUT2D eigenvalue weighted by atomic mass is 16.5. The second-order valence-corrected chi connectivity index (χ2v) is 4.74. The van der Waals surface area contributed by atoms with E-state index in [1.165, 1.54) is 12.8 Å². The Labute approximate surface area is 97.2 Å². The fraction of sp³-hybridized carbons (Fsp3) is 0.692. The molecule has 0 bridgehead atoms. The molecule has 16 heavy (non-hydrogen) atoms. The van der Waals surface area contributed by atoms with Gasteiger partial charge in [-0.05, 0) is 44.7 Å². The van der Waals surface area contributed by atoms with Gasteiger partial charge in [-0.2, -0.15) is 0 Å². The van der Waals surface area contributed by atoms with Crippen LogP contribution in [0.15, 0.2) is 16.5 Å². The van der Waals surface area contributed by atoms with Crippen molar-refractivity contribution in [1.29, 1.82) is 0 Å². The molecule has 0 amide bonds. The molecule has 1 N–H and O–H groups in total. The SMILES string of the molecule is COCC(NC(C)c1ccc(C)o1)C1CC1. The molecule has 3 heteroatoms. The predicted molar refractivity (Wildman–Crippen MR) is 63.4 cm³/mol. The smallest absolute Gasteiger partial charge is 0.120 e. The van der Waals surface area contributed by atoms with Crippen molar-refractivity contribution < 1.29 is 9.15 Å². The van der Waals surface area contributed by atoms with Crippen molar-refractivity contribution in [3.05, 3.63) is 23.7 Å². The van der Waals surface area contributed by atoms with Crippen LogP contribution in [0.5, 0.6) is 0 Å². The number of furan rings is 1. The molecule has 0 aromatic carbocycles. The van der Waals surface area contributed by atoms with E-state index in [1.54, 1.807) is 7.11 Å². The Balaban J connectivity index is 1.91. The zero-order chi connectivity index (χ0) is 11.5. The number of methoxy groups -OCH3 is 1. The third kappa shape index (κ3) is 2.86. The summed E-state index contributed by atoms with van der Waals surface area (Å²) in [6.07, 6.45) is 2.65. The third-order valence-electron chi connectivity index (χ3n) is 3.19. The summed E-state index contributed by atoms with van der Waals surface area (Å²) in [5, 5.41) is 3.59. The highest BCUT2D eigenvalue weighted by molar-refractivity contribution is 5.09. The van der Waals surface area contributed by atoms with E-state index in [0.717, 1.165) is 24.0 Å². The van der Waals surface area contributed by atoms with Crippen molar-refractivity contribution in [3.8, 4) is 0 Å². The molecule has 2 rings (SSSR count). The maximum Gasteiger partial charge on any atom is 0.120 e. The van der Waals surface area contributed by atoms with Gasteiger partial charge in [-0.15, -0.1) is 0 Å². The topological polar surface area (TPSA) is 34.4 Å². The summed E-state index contributed by atoms with van der Waals surface area (Å²) in [6.45, 7) is 4.90. The highest BCUT2D eigenvalue weighted by Crippen LogP contribution is 2.34. The van der Waals surface area contributed by atoms with Crippen LogP contribution in [0.25, 0.3) is 0 Å². The number of nitrogens with one attached hydrogen (secondary N) is 1. The van der Waals surface area contributed by atoms with Gasteiger partial charge in [0.15, 0.2) is 0 Å². The zero-order valence-corrected chi connectivity index (χ0v) is 10.3. The average molecular weight is 223 g/mol. The summed E-state index contributed by atoms with van der Waals surface area (Å²) in [7, 11) is 1.76. The van der Waals surface area contributed by atoms with E-state index in [1.807, 2.05) is 19.1 Å². The van der Waals surface area contributed by atoms with Gasteiger partial charge in [-0.1, -0.05) is 0 Å². The standard InChI is InChI=1S/C13H21NO2/c1-9-4-7-13(16-9)10(2)14-12(8-15-3)11-5-6-11/h4,7,10-12,14H,5-6,8H2,1-3H3. The monoisotopic (exact) mass is 223 g/mol. The fourth-order valence-corrected chi connectivity index (χ4v) is 2.09. The second kappa shape index (κ2) is 5.02. The molecule has 1 aromatic heterocycles. The Morgan fingerprint density at radius 2 is 2.25 bits per heavy atom. The van der Waals surface area contributed by atoms with E-state index in [9.17, 15) is 0 Å². The molecule has 1 heterocycles. The molecular formula is C13H21NO2. The number of hydrogen-bond acceptors (Lipinski definition) is 3. The summed E-state index contributed by atoms with van der Waals surface area (Å²) < 4.78 is 10.9. The Morgan fingerprint density at radius 1 is 1.50 bits per heavy atom. The van der Waals surface area contributed by atoms with E-state index in [0.29, 0.717) is 6.04 Å². The Kier molecular flexibility index (Phi) is 3.66. The maximum atomic E-state index is 5.62. The normalized spacial score (nSPS) is 19.7. The van der Waals surface area contributed by atoms with Gasteiger partial charge < -0.3 is 14.5 Å². The first-order chi connectivity index (χ1) is 7.70. The van der Waals surface area contributed by atoms with Crippen LogP contribution in [0.2, 0.25) is 0 Å². The predicted octanol–water partition coefficient (Wildman–Crippen LogP) is 2.66. The van der Waals surface area contributed by atoms with Crippen LogP contribution in [0.4, 0.5) is 0 Å². The lowest BCUT2D eigenvalue weighted by Crippen LogP contribution is -2.36. The lowest BCUT2D eigenvalue weighted by atomic mass is 10.1. The van der Waals surface area contributed by atoms with Crippen molar-refractivity contribution in [2.24, 2.45) is 5.92 Å². The minimum absolute atomic E-state index is 0.259. The minimum atomic E-state index is 0.259. The van der Waals surface area contributed by atoms with Crippen LogP contribution in [0, 0.1) is 12.8 Å². The zero-order valence-electron chi connectivity index (χ0n) is 10.3. The largest absolute Gasteiger partial charge is 0.465 e. The summed E-state index contributed by atoms with van der Waals surface area (Å²) in [5.74, 6) is 2.77. The first kappa shape index (κ1) is 11.7. The maximum absolute atomic E-state index is 5.62. The van der Waals surface area contributed by atoms with Crippen molar-refractivity contribution in [1.82, 2.24) is 5.32 Å². The molecular weight excluding hydrogens is 202 g/mol. The number of hydrogen-bond donors (Lipinski definition) is 1. The van der Waals surface area contributed by atoms with Gasteiger partial charge in [0.2, 0.25) is 0 Å². The lowest BCUT2D eigenvalue weighted by Gasteiger charge is -2.21. The fourth-order valence-electron chi connectivity index (χ4n) is 2.09. The van der Waals surface area contributed by atoms with E-state index in [2.05, 4.69) is 12.2 Å². The molecule has 2 unspecified atom stereocenters. The first-order valence-corrected chi connectivity index (χ1v) is 6.02. The number of aryl methyl sites for hydroxylation is 1. The molecule has 1 aliphatic carbocycles. The summed E-state index contributed by atoms with van der Waals surface area (Å²) in [6, 6.07) is 4.78. The van der Waals surface area contributed by atoms with Gasteiger partial charge in [0, 0.05) is 13.2 Å². The second-order valence-electron chi connectivity index (χ2n) is 4.74. The lowest BCUT2D eigenvalue weighted by molar-refractivity contribution is 0.150. The Bertz CT molecular complexity index is 330. The Hall–Kier alpha value is -0.800. The van der Waals surface area contributed by atoms with Gasteiger partial charge >= 0.3 is 0 Å². The van der Waals surface area contributed by atoms with Crippen LogP contribution >= 0.6 is 0 Å². The molecule has 90 valence electrons. The van der Waals surface area contributed by atoms with Gasteiger partial charge in [0.25, 0.3) is 0 Å². The van der Waals surface area contributed by atoms with Gasteiger partial charge in [-0.3, -0.25) is 0 Å². The molecule has 1 saturated carbocycles. The van der Waals surface area contributed by atoms with Crippen LogP contribution in [-0.2, 0) is 4.74 Å². The quantitative estimate of drug-likeness (QED) is 0.805. The van der Waals surface area contributed by atoms with E-state index >= 15 is 0 Å². The molecule has 0 radical (unpaired) electrons. The van der Waals surface area contributed by atoms with Gasteiger partial charge in [0.05, 0.1) is 12.6 Å². The summed E-state index contributed by atoms with van der Waals surface area (Å²) >= 11 is 0. The van der Waals surface area contributed by atoms with Crippen LogP contribution in [0.3, 0.4) is 0 Å². The molecule has 1 aromatic rings. The summed E-state index contributed by atoms with van der Waals surface area (Å²) in [4.78, 5) is 0. The van der Waals surface area contributed by atoms with E-state index < -0.39 is 0 Å². The molecule has 3 nitrogen and oxygen atoms in total. The average Bonchev–Trinajstić information content (AvgIpc) is 3.00. The van der Waals surface area contributed by atoms with Crippen molar-refractivity contribution in [2.45, 2.75) is 38.8 Å². The van der Waals surface area contributed by atoms with Crippen molar-refractivity contribution >= 4 is 0 Å². The number of ether oxygens (including phenoxy) is 1. The van der Waals surface area contributed by atoms with Crippen LogP contribution in [-0.4, -0.2) is 19.8 Å². The van der Waals surface area contributed by atoms with E-state index in [4.69, 9.17) is 9.15 Å². The Morgan fingerprint density at radius 3 is 2.75 bits per heavy atom.